The molecule has 1 aromatic carbocycles. The van der Waals surface area contributed by atoms with Crippen molar-refractivity contribution in [2.24, 2.45) is 5.73 Å². The van der Waals surface area contributed by atoms with E-state index in [0.29, 0.717) is 6.54 Å². The second kappa shape index (κ2) is 3.18. The van der Waals surface area contributed by atoms with E-state index in [1.165, 1.54) is 11.1 Å². The fourth-order valence-electron chi connectivity index (χ4n) is 1.48. The van der Waals surface area contributed by atoms with Crippen molar-refractivity contribution in [3.8, 4) is 0 Å². The summed E-state index contributed by atoms with van der Waals surface area (Å²) in [5.41, 5.74) is 8.97. The van der Waals surface area contributed by atoms with E-state index in [4.69, 9.17) is 5.73 Å². The molecule has 0 radical (unpaired) electrons. The van der Waals surface area contributed by atoms with Gasteiger partial charge < -0.3 is 10.3 Å². The van der Waals surface area contributed by atoms with Gasteiger partial charge in [0, 0.05) is 13.1 Å². The Kier molecular flexibility index (Phi) is 2.02. The molecule has 0 fully saturated rings. The molecule has 2 rings (SSSR count). The normalized spacial score (nSPS) is 10.9. The molecule has 0 bridgehead atoms. The Morgan fingerprint density at radius 3 is 3.08 bits per heavy atom. The quantitative estimate of drug-likeness (QED) is 0.747. The zero-order valence-corrected chi connectivity index (χ0v) is 7.70. The monoisotopic (exact) mass is 175 g/mol. The van der Waals surface area contributed by atoms with E-state index in [2.05, 4.69) is 28.6 Å². The second-order valence-electron chi connectivity index (χ2n) is 3.22. The molecule has 2 N–H and O–H groups in total. The van der Waals surface area contributed by atoms with Crippen LogP contribution in [0.2, 0.25) is 0 Å². The van der Waals surface area contributed by atoms with Crippen LogP contribution in [0.4, 0.5) is 0 Å². The Morgan fingerprint density at radius 1 is 1.46 bits per heavy atom. The summed E-state index contributed by atoms with van der Waals surface area (Å²) >= 11 is 0. The van der Waals surface area contributed by atoms with E-state index in [1.807, 2.05) is 12.4 Å². The molecule has 0 amide bonds. The fraction of sp³-hybridized carbons (Fsp3) is 0.300. The lowest BCUT2D eigenvalue weighted by molar-refractivity contribution is 0.728. The number of benzene rings is 1. The number of nitrogens with zero attached hydrogens (tertiary/aromatic N) is 2. The smallest absolute Gasteiger partial charge is 0.0958 e. The predicted molar refractivity (Wildman–Crippen MR) is 53.5 cm³/mol. The molecular weight excluding hydrogens is 162 g/mol. The molecule has 0 aliphatic carbocycles. The molecule has 0 saturated heterocycles. The molecule has 1 heterocycles. The molecule has 13 heavy (non-hydrogen) atoms. The summed E-state index contributed by atoms with van der Waals surface area (Å²) in [4.78, 5) is 4.29. The third-order valence-corrected chi connectivity index (χ3v) is 2.15. The van der Waals surface area contributed by atoms with E-state index in [9.17, 15) is 0 Å². The van der Waals surface area contributed by atoms with Crippen LogP contribution in [0.3, 0.4) is 0 Å². The first kappa shape index (κ1) is 8.26. The standard InChI is InChI=1S/C10H13N3/c1-8-2-3-9-10(6-8)13(5-4-11)7-12-9/h2-3,6-7H,4-5,11H2,1H3. The van der Waals surface area contributed by atoms with Gasteiger partial charge in [0.05, 0.1) is 17.4 Å². The van der Waals surface area contributed by atoms with Crippen molar-refractivity contribution in [3.63, 3.8) is 0 Å². The summed E-state index contributed by atoms with van der Waals surface area (Å²) in [6, 6.07) is 6.25. The van der Waals surface area contributed by atoms with Crippen LogP contribution in [0.25, 0.3) is 11.0 Å². The Hall–Kier alpha value is -1.35. The summed E-state index contributed by atoms with van der Waals surface area (Å²) in [5.74, 6) is 0. The zero-order chi connectivity index (χ0) is 9.26. The maximum atomic E-state index is 5.50. The summed E-state index contributed by atoms with van der Waals surface area (Å²) in [6.07, 6.45) is 1.84. The number of aromatic nitrogens is 2. The average molecular weight is 175 g/mol. The van der Waals surface area contributed by atoms with E-state index >= 15 is 0 Å². The summed E-state index contributed by atoms with van der Waals surface area (Å²) < 4.78 is 2.09. The minimum atomic E-state index is 0.652. The molecule has 0 saturated carbocycles. The van der Waals surface area contributed by atoms with Gasteiger partial charge in [0.15, 0.2) is 0 Å². The third kappa shape index (κ3) is 1.42. The van der Waals surface area contributed by atoms with Crippen molar-refractivity contribution in [2.45, 2.75) is 13.5 Å². The third-order valence-electron chi connectivity index (χ3n) is 2.15. The van der Waals surface area contributed by atoms with Gasteiger partial charge in [-0.05, 0) is 24.6 Å². The van der Waals surface area contributed by atoms with Crippen molar-refractivity contribution < 1.29 is 0 Å². The Labute approximate surface area is 77.2 Å². The fourth-order valence-corrected chi connectivity index (χ4v) is 1.48. The molecule has 0 spiro atoms. The average Bonchev–Trinajstić information content (AvgIpc) is 2.49. The lowest BCUT2D eigenvalue weighted by atomic mass is 10.2. The lowest BCUT2D eigenvalue weighted by Gasteiger charge is -2.01. The van der Waals surface area contributed by atoms with E-state index < -0.39 is 0 Å². The van der Waals surface area contributed by atoms with Crippen LogP contribution in [0.15, 0.2) is 24.5 Å². The Balaban J connectivity index is 2.58. The van der Waals surface area contributed by atoms with Crippen LogP contribution in [0.1, 0.15) is 5.56 Å². The van der Waals surface area contributed by atoms with Crippen LogP contribution in [0, 0.1) is 6.92 Å². The second-order valence-corrected chi connectivity index (χ2v) is 3.22. The zero-order valence-electron chi connectivity index (χ0n) is 7.70. The van der Waals surface area contributed by atoms with E-state index in [1.54, 1.807) is 0 Å². The molecule has 3 heteroatoms. The number of hydrogen-bond donors (Lipinski definition) is 1. The molecule has 0 aliphatic rings. The van der Waals surface area contributed by atoms with Crippen LogP contribution < -0.4 is 5.73 Å². The van der Waals surface area contributed by atoms with Crippen molar-refractivity contribution in [1.82, 2.24) is 9.55 Å². The highest BCUT2D eigenvalue weighted by Crippen LogP contribution is 2.13. The predicted octanol–water partition coefficient (Wildman–Crippen LogP) is 1.30. The first-order valence-corrected chi connectivity index (χ1v) is 4.43. The molecule has 1 aromatic heterocycles. The highest BCUT2D eigenvalue weighted by Gasteiger charge is 2.00. The van der Waals surface area contributed by atoms with Crippen LogP contribution in [-0.2, 0) is 6.54 Å². The first-order valence-electron chi connectivity index (χ1n) is 4.43. The van der Waals surface area contributed by atoms with Crippen LogP contribution in [0.5, 0.6) is 0 Å². The molecule has 0 unspecified atom stereocenters. The van der Waals surface area contributed by atoms with Gasteiger partial charge in [0.25, 0.3) is 0 Å². The first-order chi connectivity index (χ1) is 6.31. The minimum Gasteiger partial charge on any atom is -0.329 e. The lowest BCUT2D eigenvalue weighted by Crippen LogP contribution is -2.08. The largest absolute Gasteiger partial charge is 0.329 e. The molecule has 68 valence electrons. The van der Waals surface area contributed by atoms with Gasteiger partial charge >= 0.3 is 0 Å². The highest BCUT2D eigenvalue weighted by molar-refractivity contribution is 5.75. The van der Waals surface area contributed by atoms with Crippen LogP contribution >= 0.6 is 0 Å². The molecule has 2 aromatic rings. The summed E-state index contributed by atoms with van der Waals surface area (Å²) in [6.45, 7) is 3.57. The number of aryl methyl sites for hydroxylation is 1. The maximum absolute atomic E-state index is 5.50. The molecule has 3 nitrogen and oxygen atoms in total. The van der Waals surface area contributed by atoms with Crippen LogP contribution in [-0.4, -0.2) is 16.1 Å². The highest BCUT2D eigenvalue weighted by atomic mass is 15.0. The molecule has 0 aliphatic heterocycles. The van der Waals surface area contributed by atoms with Gasteiger partial charge in [0.1, 0.15) is 0 Å². The van der Waals surface area contributed by atoms with Gasteiger partial charge in [0.2, 0.25) is 0 Å². The maximum Gasteiger partial charge on any atom is 0.0958 e. The summed E-state index contributed by atoms with van der Waals surface area (Å²) in [7, 11) is 0. The van der Waals surface area contributed by atoms with Crippen molar-refractivity contribution >= 4 is 11.0 Å². The number of imidazole rings is 1. The van der Waals surface area contributed by atoms with Gasteiger partial charge in [-0.25, -0.2) is 4.98 Å². The Morgan fingerprint density at radius 2 is 2.31 bits per heavy atom. The SMILES string of the molecule is Cc1ccc2ncn(CCN)c2c1. The topological polar surface area (TPSA) is 43.8 Å². The van der Waals surface area contributed by atoms with Crippen molar-refractivity contribution in [1.29, 1.82) is 0 Å². The Bertz CT molecular complexity index is 417. The minimum absolute atomic E-state index is 0.652. The van der Waals surface area contributed by atoms with Gasteiger partial charge in [-0.3, -0.25) is 0 Å². The van der Waals surface area contributed by atoms with Gasteiger partial charge in [-0.15, -0.1) is 0 Å². The van der Waals surface area contributed by atoms with Gasteiger partial charge in [-0.1, -0.05) is 6.07 Å². The number of hydrogen-bond acceptors (Lipinski definition) is 2. The summed E-state index contributed by atoms with van der Waals surface area (Å²) in [5, 5.41) is 0. The van der Waals surface area contributed by atoms with E-state index in [-0.39, 0.29) is 0 Å². The molecule has 0 atom stereocenters. The molecular formula is C10H13N3. The van der Waals surface area contributed by atoms with E-state index in [0.717, 1.165) is 12.1 Å². The van der Waals surface area contributed by atoms with Crippen molar-refractivity contribution in [3.05, 3.63) is 30.1 Å². The van der Waals surface area contributed by atoms with Gasteiger partial charge in [-0.2, -0.15) is 0 Å². The number of nitrogens with two attached hydrogens (primary N) is 1. The number of fused-ring (bicyclic) bond motifs is 1. The number of rotatable bonds is 2. The van der Waals surface area contributed by atoms with Crippen molar-refractivity contribution in [2.75, 3.05) is 6.54 Å².